The van der Waals surface area contributed by atoms with Gasteiger partial charge >= 0.3 is 29.8 Å². The molecule has 0 spiro atoms. The standard InChI is InChI=1S/C48H58N8O19/c49-29(19-25-7-3-1-4-8-25)41(67)52-34(22-39(63)64)45(71)54-32(20-26-9-5-2-6-10-26)44(70)55-35(23-40(65)66)46(72)56-36(24-57)47(73)50-30(15-17-37(59)60)42(68)53-33(21-27-11-13-28(58)14-12-27)43(69)51-31(48(74)75)16-18-38(61)62/h1-14,29-36,57-58H,15-24,49H2,(H,50,73)(H,51,69)(H,52,67)(H,53,68)(H,54,71)(H,55,70)(H,56,72)(H,59,60)(H,61,62)(H,63,64)(H,65,66)(H,74,75)/t29-,30-,31-,32-,33-,34+,35+,36-/m0/s1. The topological polar surface area (TPSA) is 457 Å². The Labute approximate surface area is 426 Å². The van der Waals surface area contributed by atoms with Crippen LogP contribution in [0.3, 0.4) is 0 Å². The van der Waals surface area contributed by atoms with Gasteiger partial charge in [0.2, 0.25) is 41.4 Å². The summed E-state index contributed by atoms with van der Waals surface area (Å²) in [6, 6.07) is 7.16. The Kier molecular flexibility index (Phi) is 24.2. The molecule has 8 atom stereocenters. The number of carbonyl (C=O) groups excluding carboxylic acids is 7. The van der Waals surface area contributed by atoms with Crippen LogP contribution in [-0.2, 0) is 76.8 Å². The van der Waals surface area contributed by atoms with E-state index in [-0.39, 0.29) is 24.2 Å². The predicted molar refractivity (Wildman–Crippen MR) is 257 cm³/mol. The minimum atomic E-state index is -2.09. The summed E-state index contributed by atoms with van der Waals surface area (Å²) < 4.78 is 0. The molecule has 27 heteroatoms. The number of rotatable bonds is 32. The first-order valence-corrected chi connectivity index (χ1v) is 22.9. The van der Waals surface area contributed by atoms with Gasteiger partial charge in [-0.2, -0.15) is 0 Å². The number of aliphatic carboxylic acids is 5. The van der Waals surface area contributed by atoms with Crippen molar-refractivity contribution in [3.8, 4) is 5.75 Å². The second-order valence-electron chi connectivity index (χ2n) is 16.9. The largest absolute Gasteiger partial charge is 0.508 e. The number of hydrogen-bond acceptors (Lipinski definition) is 15. The maximum absolute atomic E-state index is 14.0. The van der Waals surface area contributed by atoms with Crippen molar-refractivity contribution in [1.29, 1.82) is 0 Å². The molecule has 16 N–H and O–H groups in total. The summed E-state index contributed by atoms with van der Waals surface area (Å²) in [5.41, 5.74) is 7.37. The lowest BCUT2D eigenvalue weighted by atomic mass is 10.0. The van der Waals surface area contributed by atoms with E-state index in [4.69, 9.17) is 10.8 Å². The second kappa shape index (κ2) is 30.1. The van der Waals surface area contributed by atoms with Gasteiger partial charge in [-0.1, -0.05) is 72.8 Å². The third kappa shape index (κ3) is 21.7. The zero-order valence-electron chi connectivity index (χ0n) is 39.9. The minimum Gasteiger partial charge on any atom is -0.508 e. The number of phenols is 1. The summed E-state index contributed by atoms with van der Waals surface area (Å²) >= 11 is 0. The molecular formula is C48H58N8O19. The summed E-state index contributed by atoms with van der Waals surface area (Å²) in [6.45, 7) is -1.27. The van der Waals surface area contributed by atoms with E-state index in [0.717, 1.165) is 0 Å². The number of nitrogens with one attached hydrogen (secondary N) is 7. The Hall–Kier alpha value is -8.98. The van der Waals surface area contributed by atoms with Crippen LogP contribution in [0.1, 0.15) is 55.2 Å². The third-order valence-corrected chi connectivity index (χ3v) is 10.9. The van der Waals surface area contributed by atoms with Gasteiger partial charge in [0.15, 0.2) is 0 Å². The average molecular weight is 1050 g/mol. The predicted octanol–water partition coefficient (Wildman–Crippen LogP) is -3.10. The maximum Gasteiger partial charge on any atom is 0.326 e. The van der Waals surface area contributed by atoms with Gasteiger partial charge in [-0.15, -0.1) is 0 Å². The minimum absolute atomic E-state index is 0.000921. The Morgan fingerprint density at radius 2 is 0.720 bits per heavy atom. The first-order valence-electron chi connectivity index (χ1n) is 22.9. The van der Waals surface area contributed by atoms with Crippen LogP contribution in [0.2, 0.25) is 0 Å². The quantitative estimate of drug-likeness (QED) is 0.0294. The highest BCUT2D eigenvalue weighted by Gasteiger charge is 2.36. The van der Waals surface area contributed by atoms with Gasteiger partial charge in [0, 0.05) is 25.7 Å². The third-order valence-electron chi connectivity index (χ3n) is 10.9. The normalized spacial score (nSPS) is 14.0. The second-order valence-corrected chi connectivity index (χ2v) is 16.9. The van der Waals surface area contributed by atoms with Crippen molar-refractivity contribution in [2.45, 2.75) is 106 Å². The summed E-state index contributed by atoms with van der Waals surface area (Å²) in [6.07, 6.45) is -5.70. The van der Waals surface area contributed by atoms with Crippen LogP contribution in [0, 0.1) is 0 Å². The van der Waals surface area contributed by atoms with E-state index in [1.54, 1.807) is 48.5 Å². The molecule has 3 aromatic carbocycles. The van der Waals surface area contributed by atoms with E-state index >= 15 is 0 Å². The van der Waals surface area contributed by atoms with E-state index in [0.29, 0.717) is 11.1 Å². The van der Waals surface area contributed by atoms with Crippen molar-refractivity contribution < 1.29 is 93.3 Å². The molecule has 0 aliphatic rings. The van der Waals surface area contributed by atoms with Crippen molar-refractivity contribution in [3.63, 3.8) is 0 Å². The lowest BCUT2D eigenvalue weighted by molar-refractivity contribution is -0.144. The maximum atomic E-state index is 14.0. The fraction of sp³-hybridized carbons (Fsp3) is 0.375. The highest BCUT2D eigenvalue weighted by molar-refractivity contribution is 5.99. The molecule has 404 valence electrons. The van der Waals surface area contributed by atoms with Crippen LogP contribution in [0.25, 0.3) is 0 Å². The van der Waals surface area contributed by atoms with Crippen molar-refractivity contribution >= 4 is 71.2 Å². The molecule has 0 bridgehead atoms. The molecule has 27 nitrogen and oxygen atoms in total. The van der Waals surface area contributed by atoms with Gasteiger partial charge in [0.1, 0.15) is 48.0 Å². The van der Waals surface area contributed by atoms with Crippen molar-refractivity contribution in [3.05, 3.63) is 102 Å². The van der Waals surface area contributed by atoms with E-state index in [1.807, 2.05) is 5.32 Å². The fourth-order valence-corrected chi connectivity index (χ4v) is 7.03. The Morgan fingerprint density at radius 1 is 0.387 bits per heavy atom. The number of aromatic hydroxyl groups is 1. The molecule has 0 saturated carbocycles. The summed E-state index contributed by atoms with van der Waals surface area (Å²) in [5.74, 6) is -16.5. The van der Waals surface area contributed by atoms with Crippen molar-refractivity contribution in [2.24, 2.45) is 5.73 Å². The zero-order chi connectivity index (χ0) is 55.8. The fourth-order valence-electron chi connectivity index (χ4n) is 7.03. The van der Waals surface area contributed by atoms with Crippen molar-refractivity contribution in [1.82, 2.24) is 37.2 Å². The first kappa shape index (κ1) is 60.3. The highest BCUT2D eigenvalue weighted by atomic mass is 16.4. The molecule has 0 aliphatic heterocycles. The zero-order valence-corrected chi connectivity index (χ0v) is 39.9. The number of hydrogen-bond donors (Lipinski definition) is 15. The van der Waals surface area contributed by atoms with E-state index in [9.17, 15) is 88.2 Å². The van der Waals surface area contributed by atoms with Crippen molar-refractivity contribution in [2.75, 3.05) is 6.61 Å². The monoisotopic (exact) mass is 1050 g/mol. The number of carboxylic acid groups (broad SMARTS) is 5. The smallest absolute Gasteiger partial charge is 0.326 e. The molecule has 0 aromatic heterocycles. The van der Waals surface area contributed by atoms with Gasteiger partial charge in [0.25, 0.3) is 0 Å². The molecular weight excluding hydrogens is 993 g/mol. The molecule has 0 aliphatic carbocycles. The van der Waals surface area contributed by atoms with Crippen LogP contribution in [0.15, 0.2) is 84.9 Å². The lowest BCUT2D eigenvalue weighted by Crippen LogP contribution is -2.61. The highest BCUT2D eigenvalue weighted by Crippen LogP contribution is 2.14. The van der Waals surface area contributed by atoms with E-state index in [1.165, 1.54) is 36.4 Å². The number of nitrogens with two attached hydrogens (primary N) is 1. The number of aliphatic hydroxyl groups excluding tert-OH is 1. The molecule has 7 amide bonds. The Balaban J connectivity index is 1.87. The van der Waals surface area contributed by atoms with Gasteiger partial charge < -0.3 is 78.7 Å². The van der Waals surface area contributed by atoms with E-state index in [2.05, 4.69) is 31.9 Å². The van der Waals surface area contributed by atoms with E-state index < -0.39 is 171 Å². The van der Waals surface area contributed by atoms with Crippen LogP contribution >= 0.6 is 0 Å². The summed E-state index contributed by atoms with van der Waals surface area (Å²) in [7, 11) is 0. The number of amides is 7. The van der Waals surface area contributed by atoms with Crippen LogP contribution in [-0.4, -0.2) is 162 Å². The molecule has 0 radical (unpaired) electrons. The van der Waals surface area contributed by atoms with Gasteiger partial charge in [-0.25, -0.2) is 4.79 Å². The van der Waals surface area contributed by atoms with Crippen LogP contribution in [0.5, 0.6) is 5.75 Å². The van der Waals surface area contributed by atoms with Crippen LogP contribution < -0.4 is 43.0 Å². The number of aliphatic hydroxyl groups is 1. The van der Waals surface area contributed by atoms with Gasteiger partial charge in [0.05, 0.1) is 25.5 Å². The van der Waals surface area contributed by atoms with Gasteiger partial charge in [-0.3, -0.25) is 52.7 Å². The van der Waals surface area contributed by atoms with Crippen LogP contribution in [0.4, 0.5) is 0 Å². The summed E-state index contributed by atoms with van der Waals surface area (Å²) in [5, 5.41) is 82.8. The molecule has 3 aromatic rings. The van der Waals surface area contributed by atoms with Gasteiger partial charge in [-0.05, 0) is 48.1 Å². The summed E-state index contributed by atoms with van der Waals surface area (Å²) in [4.78, 5) is 154. The lowest BCUT2D eigenvalue weighted by Gasteiger charge is -2.27. The SMILES string of the molecule is N[C@@H](Cc1ccccc1)C(=O)N[C@H](CC(=O)O)C(=O)N[C@@H](Cc1ccccc1)C(=O)N[C@H](CC(=O)O)C(=O)N[C@@H](CO)C(=O)N[C@@H](CCC(=O)O)C(=O)N[C@@H](Cc1ccc(O)cc1)C(=O)N[C@@H](CCC(=O)O)C(=O)O. The number of benzene rings is 3. The number of carboxylic acids is 5. The number of phenolic OH excluding ortho intramolecular Hbond substituents is 1. The molecule has 0 unspecified atom stereocenters. The molecule has 0 fully saturated rings. The Bertz CT molecular complexity index is 2510. The molecule has 0 heterocycles. The first-order chi connectivity index (χ1) is 35.4. The molecule has 3 rings (SSSR count). The average Bonchev–Trinajstić information content (AvgIpc) is 3.35. The molecule has 0 saturated heterocycles. The molecule has 75 heavy (non-hydrogen) atoms. The number of carbonyl (C=O) groups is 12. The Morgan fingerprint density at radius 3 is 1.15 bits per heavy atom.